The number of pyridine rings is 1. The Morgan fingerprint density at radius 3 is 2.90 bits per heavy atom. The van der Waals surface area contributed by atoms with Crippen LogP contribution in [0.15, 0.2) is 42.9 Å². The van der Waals surface area contributed by atoms with Gasteiger partial charge in [0.1, 0.15) is 0 Å². The summed E-state index contributed by atoms with van der Waals surface area (Å²) in [6.07, 6.45) is 3.14. The number of benzene rings is 1. The quantitative estimate of drug-likeness (QED) is 0.763. The molecule has 3 rings (SSSR count). The minimum Gasteiger partial charge on any atom is -0.481 e. The van der Waals surface area contributed by atoms with Crippen molar-refractivity contribution in [3.63, 3.8) is 0 Å². The van der Waals surface area contributed by atoms with Gasteiger partial charge in [0.2, 0.25) is 5.88 Å². The lowest BCUT2D eigenvalue weighted by Crippen LogP contribution is -2.11. The van der Waals surface area contributed by atoms with Gasteiger partial charge in [0, 0.05) is 11.6 Å². The van der Waals surface area contributed by atoms with E-state index in [1.807, 2.05) is 0 Å². The Morgan fingerprint density at radius 1 is 1.25 bits per heavy atom. The maximum Gasteiger partial charge on any atom is 0.255 e. The van der Waals surface area contributed by atoms with E-state index in [4.69, 9.17) is 4.74 Å². The summed E-state index contributed by atoms with van der Waals surface area (Å²) in [5.74, 6) is 0.301. The summed E-state index contributed by atoms with van der Waals surface area (Å²) >= 11 is 0. The maximum absolute atomic E-state index is 12.1. The summed E-state index contributed by atoms with van der Waals surface area (Å²) in [4.78, 5) is 23.2. The largest absolute Gasteiger partial charge is 0.481 e. The fraction of sp³-hybridized carbons (Fsp3) is 0.0714. The number of ether oxygens (including phenoxy) is 1. The lowest BCUT2D eigenvalue weighted by molar-refractivity contribution is 0.102. The zero-order valence-corrected chi connectivity index (χ0v) is 10.8. The van der Waals surface area contributed by atoms with Crippen molar-refractivity contribution in [3.8, 4) is 5.88 Å². The zero-order valence-electron chi connectivity index (χ0n) is 10.8. The molecule has 20 heavy (non-hydrogen) atoms. The van der Waals surface area contributed by atoms with Crippen LogP contribution in [-0.2, 0) is 0 Å². The number of H-pyrrole nitrogens is 1. The second kappa shape index (κ2) is 5.00. The van der Waals surface area contributed by atoms with Crippen molar-refractivity contribution in [2.24, 2.45) is 0 Å². The van der Waals surface area contributed by atoms with Gasteiger partial charge in [-0.3, -0.25) is 4.79 Å². The van der Waals surface area contributed by atoms with Gasteiger partial charge in [-0.15, -0.1) is 0 Å². The smallest absolute Gasteiger partial charge is 0.255 e. The van der Waals surface area contributed by atoms with Crippen LogP contribution in [0.3, 0.4) is 0 Å². The van der Waals surface area contributed by atoms with E-state index >= 15 is 0 Å². The van der Waals surface area contributed by atoms with Crippen molar-refractivity contribution in [1.82, 2.24) is 15.0 Å². The number of fused-ring (bicyclic) bond motifs is 1. The monoisotopic (exact) mass is 268 g/mol. The van der Waals surface area contributed by atoms with E-state index in [1.54, 1.807) is 50.0 Å². The van der Waals surface area contributed by atoms with E-state index in [0.717, 1.165) is 11.0 Å². The molecule has 2 heterocycles. The first kappa shape index (κ1) is 12.2. The second-order valence-electron chi connectivity index (χ2n) is 4.18. The molecule has 100 valence electrons. The predicted molar refractivity (Wildman–Crippen MR) is 74.8 cm³/mol. The van der Waals surface area contributed by atoms with E-state index in [2.05, 4.69) is 20.3 Å². The Hall–Kier alpha value is -2.89. The third-order valence-corrected chi connectivity index (χ3v) is 2.89. The topological polar surface area (TPSA) is 79.9 Å². The number of rotatable bonds is 3. The van der Waals surface area contributed by atoms with Gasteiger partial charge in [-0.1, -0.05) is 0 Å². The molecular weight excluding hydrogens is 256 g/mol. The Labute approximate surface area is 114 Å². The van der Waals surface area contributed by atoms with Gasteiger partial charge in [-0.25, -0.2) is 9.97 Å². The number of imidazole rings is 1. The first-order valence-electron chi connectivity index (χ1n) is 6.01. The van der Waals surface area contributed by atoms with Crippen LogP contribution in [0.1, 0.15) is 10.4 Å². The van der Waals surface area contributed by atoms with Crippen LogP contribution in [0.4, 0.5) is 5.69 Å². The minimum atomic E-state index is -0.200. The van der Waals surface area contributed by atoms with Gasteiger partial charge in [0.05, 0.1) is 36.4 Å². The van der Waals surface area contributed by atoms with Gasteiger partial charge in [-0.2, -0.15) is 0 Å². The SMILES string of the molecule is COc1ccc(NC(=O)c2ccc3nc[nH]c3c2)cn1. The van der Waals surface area contributed by atoms with Crippen LogP contribution in [0, 0.1) is 0 Å². The molecule has 2 aromatic heterocycles. The van der Waals surface area contributed by atoms with Crippen molar-refractivity contribution in [1.29, 1.82) is 0 Å². The van der Waals surface area contributed by atoms with Crippen molar-refractivity contribution >= 4 is 22.6 Å². The van der Waals surface area contributed by atoms with Crippen LogP contribution in [0.5, 0.6) is 5.88 Å². The number of hydrogen-bond donors (Lipinski definition) is 2. The van der Waals surface area contributed by atoms with Crippen LogP contribution in [0.25, 0.3) is 11.0 Å². The van der Waals surface area contributed by atoms with Gasteiger partial charge in [0.25, 0.3) is 5.91 Å². The summed E-state index contributed by atoms with van der Waals surface area (Å²) < 4.78 is 4.96. The number of anilines is 1. The number of amides is 1. The Balaban J connectivity index is 1.80. The predicted octanol–water partition coefficient (Wildman–Crippen LogP) is 2.22. The highest BCUT2D eigenvalue weighted by Crippen LogP contribution is 2.15. The highest BCUT2D eigenvalue weighted by atomic mass is 16.5. The molecule has 0 aliphatic carbocycles. The van der Waals surface area contributed by atoms with Gasteiger partial charge in [-0.05, 0) is 24.3 Å². The lowest BCUT2D eigenvalue weighted by Gasteiger charge is -2.05. The van der Waals surface area contributed by atoms with Gasteiger partial charge >= 0.3 is 0 Å². The number of nitrogens with zero attached hydrogens (tertiary/aromatic N) is 2. The summed E-state index contributed by atoms with van der Waals surface area (Å²) in [5, 5.41) is 2.78. The fourth-order valence-corrected chi connectivity index (χ4v) is 1.86. The summed E-state index contributed by atoms with van der Waals surface area (Å²) in [6, 6.07) is 8.71. The number of hydrogen-bond acceptors (Lipinski definition) is 4. The number of methoxy groups -OCH3 is 1. The highest BCUT2D eigenvalue weighted by molar-refractivity contribution is 6.05. The standard InChI is InChI=1S/C14H12N4O2/c1-20-13-5-3-10(7-15-13)18-14(19)9-2-4-11-12(6-9)17-8-16-11/h2-8H,1H3,(H,16,17)(H,18,19). The summed E-state index contributed by atoms with van der Waals surface area (Å²) in [5.41, 5.74) is 2.82. The number of aromatic nitrogens is 3. The highest BCUT2D eigenvalue weighted by Gasteiger charge is 2.08. The Kier molecular flexibility index (Phi) is 3.04. The first-order valence-corrected chi connectivity index (χ1v) is 6.01. The third kappa shape index (κ3) is 2.31. The molecule has 1 amide bonds. The summed E-state index contributed by atoms with van der Waals surface area (Å²) in [7, 11) is 1.54. The molecule has 3 aromatic rings. The van der Waals surface area contributed by atoms with Crippen LogP contribution < -0.4 is 10.1 Å². The average Bonchev–Trinajstić information content (AvgIpc) is 2.95. The molecule has 1 aromatic carbocycles. The lowest BCUT2D eigenvalue weighted by atomic mass is 10.2. The Morgan fingerprint density at radius 2 is 2.15 bits per heavy atom. The molecular formula is C14H12N4O2. The van der Waals surface area contributed by atoms with Crippen LogP contribution in [-0.4, -0.2) is 28.0 Å². The molecule has 0 fully saturated rings. The molecule has 0 saturated heterocycles. The maximum atomic E-state index is 12.1. The van der Waals surface area contributed by atoms with E-state index in [1.165, 1.54) is 0 Å². The van der Waals surface area contributed by atoms with Crippen LogP contribution in [0.2, 0.25) is 0 Å². The number of carbonyl (C=O) groups excluding carboxylic acids is 1. The van der Waals surface area contributed by atoms with Crippen molar-refractivity contribution in [2.45, 2.75) is 0 Å². The molecule has 0 aliphatic heterocycles. The minimum absolute atomic E-state index is 0.200. The third-order valence-electron chi connectivity index (χ3n) is 2.89. The normalized spacial score (nSPS) is 10.4. The molecule has 0 saturated carbocycles. The van der Waals surface area contributed by atoms with E-state index in [0.29, 0.717) is 17.1 Å². The Bertz CT molecular complexity index is 749. The second-order valence-corrected chi connectivity index (χ2v) is 4.18. The van der Waals surface area contributed by atoms with Crippen molar-refractivity contribution in [2.75, 3.05) is 12.4 Å². The van der Waals surface area contributed by atoms with Crippen LogP contribution >= 0.6 is 0 Å². The van der Waals surface area contributed by atoms with Crippen molar-refractivity contribution < 1.29 is 9.53 Å². The zero-order chi connectivity index (χ0) is 13.9. The summed E-state index contributed by atoms with van der Waals surface area (Å²) in [6.45, 7) is 0. The van der Waals surface area contributed by atoms with Gasteiger partial charge in [0.15, 0.2) is 0 Å². The molecule has 0 aliphatic rings. The van der Waals surface area contributed by atoms with E-state index in [9.17, 15) is 4.79 Å². The molecule has 0 unspecified atom stereocenters. The molecule has 0 bridgehead atoms. The molecule has 0 spiro atoms. The molecule has 0 atom stereocenters. The molecule has 6 nitrogen and oxygen atoms in total. The fourth-order valence-electron chi connectivity index (χ4n) is 1.86. The van der Waals surface area contributed by atoms with E-state index < -0.39 is 0 Å². The van der Waals surface area contributed by atoms with Crippen molar-refractivity contribution in [3.05, 3.63) is 48.4 Å². The molecule has 6 heteroatoms. The molecule has 2 N–H and O–H groups in total. The molecule has 0 radical (unpaired) electrons. The van der Waals surface area contributed by atoms with Gasteiger partial charge < -0.3 is 15.0 Å². The average molecular weight is 268 g/mol. The number of nitrogens with one attached hydrogen (secondary N) is 2. The number of carbonyl (C=O) groups is 1. The van der Waals surface area contributed by atoms with E-state index in [-0.39, 0.29) is 5.91 Å². The number of aromatic amines is 1. The first-order chi connectivity index (χ1) is 9.76.